The zero-order chi connectivity index (χ0) is 19.0. The number of anilines is 1. The highest BCUT2D eigenvalue weighted by molar-refractivity contribution is 5.62. The molecule has 0 spiro atoms. The van der Waals surface area contributed by atoms with Gasteiger partial charge in [-0.25, -0.2) is 0 Å². The molecule has 1 N–H and O–H groups in total. The van der Waals surface area contributed by atoms with Gasteiger partial charge in [0.2, 0.25) is 0 Å². The number of methoxy groups -OCH3 is 1. The normalized spacial score (nSPS) is 22.9. The SMILES string of the molecule is COCCOc1ccc2c(c1)C1C=CCC1C(c1c(C)cc(C)cc1C)N2. The van der Waals surface area contributed by atoms with E-state index in [9.17, 15) is 0 Å². The smallest absolute Gasteiger partial charge is 0.119 e. The molecule has 27 heavy (non-hydrogen) atoms. The number of allylic oxidation sites excluding steroid dienone is 2. The molecule has 3 unspecified atom stereocenters. The summed E-state index contributed by atoms with van der Waals surface area (Å²) in [4.78, 5) is 0. The summed E-state index contributed by atoms with van der Waals surface area (Å²) in [5.74, 6) is 1.91. The van der Waals surface area contributed by atoms with Crippen LogP contribution in [0.15, 0.2) is 42.5 Å². The molecular weight excluding hydrogens is 334 g/mol. The second-order valence-corrected chi connectivity index (χ2v) is 7.88. The molecule has 1 aliphatic carbocycles. The first-order valence-electron chi connectivity index (χ1n) is 9.85. The number of nitrogens with one attached hydrogen (secondary N) is 1. The third-order valence-electron chi connectivity index (χ3n) is 5.94. The number of hydrogen-bond donors (Lipinski definition) is 1. The summed E-state index contributed by atoms with van der Waals surface area (Å²) in [5.41, 5.74) is 8.15. The van der Waals surface area contributed by atoms with Gasteiger partial charge in [-0.05, 0) is 73.6 Å². The molecule has 4 rings (SSSR count). The molecule has 3 nitrogen and oxygen atoms in total. The van der Waals surface area contributed by atoms with Crippen molar-refractivity contribution in [2.45, 2.75) is 39.2 Å². The highest BCUT2D eigenvalue weighted by Gasteiger charge is 2.39. The van der Waals surface area contributed by atoms with E-state index in [0.29, 0.717) is 31.1 Å². The van der Waals surface area contributed by atoms with Crippen LogP contribution in [0.4, 0.5) is 5.69 Å². The summed E-state index contributed by atoms with van der Waals surface area (Å²) in [6.07, 6.45) is 5.84. The summed E-state index contributed by atoms with van der Waals surface area (Å²) in [5, 5.41) is 3.86. The van der Waals surface area contributed by atoms with E-state index in [2.05, 4.69) is 68.6 Å². The molecule has 0 saturated carbocycles. The molecule has 0 radical (unpaired) electrons. The minimum Gasteiger partial charge on any atom is -0.491 e. The van der Waals surface area contributed by atoms with Gasteiger partial charge < -0.3 is 14.8 Å². The number of aryl methyl sites for hydroxylation is 3. The largest absolute Gasteiger partial charge is 0.491 e. The maximum Gasteiger partial charge on any atom is 0.119 e. The molecule has 0 aromatic heterocycles. The van der Waals surface area contributed by atoms with Gasteiger partial charge in [0, 0.05) is 18.7 Å². The molecule has 0 fully saturated rings. The molecule has 142 valence electrons. The van der Waals surface area contributed by atoms with Crippen LogP contribution in [0.1, 0.15) is 46.2 Å². The quantitative estimate of drug-likeness (QED) is 0.565. The Morgan fingerprint density at radius 1 is 1.04 bits per heavy atom. The fourth-order valence-electron chi connectivity index (χ4n) is 4.87. The molecule has 0 bridgehead atoms. The minimum atomic E-state index is 0.346. The number of fused-ring (bicyclic) bond motifs is 3. The summed E-state index contributed by atoms with van der Waals surface area (Å²) < 4.78 is 10.9. The van der Waals surface area contributed by atoms with Crippen LogP contribution in [0.2, 0.25) is 0 Å². The van der Waals surface area contributed by atoms with Crippen molar-refractivity contribution in [2.24, 2.45) is 5.92 Å². The van der Waals surface area contributed by atoms with Crippen LogP contribution in [-0.2, 0) is 4.74 Å². The first kappa shape index (κ1) is 18.1. The van der Waals surface area contributed by atoms with E-state index in [0.717, 1.165) is 12.2 Å². The average molecular weight is 364 g/mol. The van der Waals surface area contributed by atoms with E-state index in [1.807, 2.05) is 0 Å². The summed E-state index contributed by atoms with van der Waals surface area (Å²) in [6.45, 7) is 7.86. The fourth-order valence-corrected chi connectivity index (χ4v) is 4.87. The second-order valence-electron chi connectivity index (χ2n) is 7.88. The van der Waals surface area contributed by atoms with Crippen LogP contribution in [0, 0.1) is 26.7 Å². The van der Waals surface area contributed by atoms with Crippen LogP contribution in [0.3, 0.4) is 0 Å². The van der Waals surface area contributed by atoms with Gasteiger partial charge in [-0.3, -0.25) is 0 Å². The zero-order valence-corrected chi connectivity index (χ0v) is 16.7. The van der Waals surface area contributed by atoms with E-state index in [1.165, 1.54) is 33.5 Å². The van der Waals surface area contributed by atoms with E-state index in [1.54, 1.807) is 7.11 Å². The van der Waals surface area contributed by atoms with Crippen LogP contribution < -0.4 is 10.1 Å². The minimum absolute atomic E-state index is 0.346. The lowest BCUT2D eigenvalue weighted by Crippen LogP contribution is -2.30. The lowest BCUT2D eigenvalue weighted by atomic mass is 9.75. The Kier molecular flexibility index (Phi) is 4.96. The zero-order valence-electron chi connectivity index (χ0n) is 16.7. The fraction of sp³-hybridized carbons (Fsp3) is 0.417. The van der Waals surface area contributed by atoms with Crippen molar-refractivity contribution >= 4 is 5.69 Å². The van der Waals surface area contributed by atoms with Crippen molar-refractivity contribution in [3.63, 3.8) is 0 Å². The highest BCUT2D eigenvalue weighted by atomic mass is 16.5. The summed E-state index contributed by atoms with van der Waals surface area (Å²) in [7, 11) is 1.70. The van der Waals surface area contributed by atoms with Gasteiger partial charge in [-0.1, -0.05) is 29.8 Å². The Bertz CT molecular complexity index is 848. The van der Waals surface area contributed by atoms with E-state index in [4.69, 9.17) is 9.47 Å². The van der Waals surface area contributed by atoms with Crippen molar-refractivity contribution < 1.29 is 9.47 Å². The van der Waals surface area contributed by atoms with Gasteiger partial charge >= 0.3 is 0 Å². The Balaban J connectivity index is 1.69. The van der Waals surface area contributed by atoms with Gasteiger partial charge in [0.25, 0.3) is 0 Å². The maximum atomic E-state index is 5.85. The molecule has 2 aliphatic rings. The molecule has 2 aromatic rings. The van der Waals surface area contributed by atoms with Gasteiger partial charge in [0.15, 0.2) is 0 Å². The topological polar surface area (TPSA) is 30.5 Å². The van der Waals surface area contributed by atoms with E-state index < -0.39 is 0 Å². The first-order valence-corrected chi connectivity index (χ1v) is 9.85. The standard InChI is InChI=1S/C24H29NO2/c1-15-12-16(2)23(17(3)13-15)24-20-7-5-6-19(20)21-14-18(27-11-10-26-4)8-9-22(21)25-24/h5-6,8-9,12-14,19-20,24-25H,7,10-11H2,1-4H3. The van der Waals surface area contributed by atoms with Crippen LogP contribution in [0.5, 0.6) is 5.75 Å². The molecule has 3 atom stereocenters. The average Bonchev–Trinajstić information content (AvgIpc) is 3.11. The predicted molar refractivity (Wildman–Crippen MR) is 111 cm³/mol. The predicted octanol–water partition coefficient (Wildman–Crippen LogP) is 5.46. The molecular formula is C24H29NO2. The Morgan fingerprint density at radius 3 is 2.56 bits per heavy atom. The van der Waals surface area contributed by atoms with Crippen LogP contribution >= 0.6 is 0 Å². The summed E-state index contributed by atoms with van der Waals surface area (Å²) >= 11 is 0. The van der Waals surface area contributed by atoms with Gasteiger partial charge in [-0.15, -0.1) is 0 Å². The van der Waals surface area contributed by atoms with Crippen LogP contribution in [-0.4, -0.2) is 20.3 Å². The Hall–Kier alpha value is -2.26. The third-order valence-corrected chi connectivity index (χ3v) is 5.94. The van der Waals surface area contributed by atoms with Crippen molar-refractivity contribution in [1.29, 1.82) is 0 Å². The first-order chi connectivity index (χ1) is 13.1. The number of benzene rings is 2. The van der Waals surface area contributed by atoms with E-state index in [-0.39, 0.29) is 0 Å². The monoisotopic (exact) mass is 363 g/mol. The number of hydrogen-bond acceptors (Lipinski definition) is 3. The number of ether oxygens (including phenoxy) is 2. The van der Waals surface area contributed by atoms with Gasteiger partial charge in [-0.2, -0.15) is 0 Å². The molecule has 1 aliphatic heterocycles. The Labute approximate surface area is 162 Å². The van der Waals surface area contributed by atoms with Crippen molar-refractivity contribution in [3.05, 3.63) is 70.3 Å². The molecule has 3 heteroatoms. The molecule has 2 aromatic carbocycles. The van der Waals surface area contributed by atoms with Crippen molar-refractivity contribution in [3.8, 4) is 5.75 Å². The van der Waals surface area contributed by atoms with Crippen molar-refractivity contribution in [1.82, 2.24) is 0 Å². The van der Waals surface area contributed by atoms with E-state index >= 15 is 0 Å². The maximum absolute atomic E-state index is 5.85. The highest BCUT2D eigenvalue weighted by Crippen LogP contribution is 2.51. The van der Waals surface area contributed by atoms with Crippen LogP contribution in [0.25, 0.3) is 0 Å². The lowest BCUT2D eigenvalue weighted by Gasteiger charge is -2.39. The third kappa shape index (κ3) is 3.37. The second kappa shape index (κ2) is 7.40. The van der Waals surface area contributed by atoms with Gasteiger partial charge in [0.05, 0.1) is 12.6 Å². The lowest BCUT2D eigenvalue weighted by molar-refractivity contribution is 0.146. The molecule has 1 heterocycles. The van der Waals surface area contributed by atoms with Crippen molar-refractivity contribution in [2.75, 3.05) is 25.6 Å². The number of rotatable bonds is 5. The summed E-state index contributed by atoms with van der Waals surface area (Å²) in [6, 6.07) is 11.4. The van der Waals surface area contributed by atoms with Gasteiger partial charge in [0.1, 0.15) is 12.4 Å². The Morgan fingerprint density at radius 2 is 1.81 bits per heavy atom. The molecule has 0 saturated heterocycles. The molecule has 0 amide bonds.